The van der Waals surface area contributed by atoms with E-state index >= 15 is 0 Å². The van der Waals surface area contributed by atoms with Gasteiger partial charge in [-0.25, -0.2) is 4.39 Å². The second-order valence-corrected chi connectivity index (χ2v) is 8.48. The highest BCUT2D eigenvalue weighted by Gasteiger charge is 2.30. The van der Waals surface area contributed by atoms with Crippen molar-refractivity contribution in [3.8, 4) is 0 Å². The molecule has 0 nitrogen and oxygen atoms in total. The van der Waals surface area contributed by atoms with Crippen molar-refractivity contribution in [1.82, 2.24) is 0 Å². The summed E-state index contributed by atoms with van der Waals surface area (Å²) in [6, 6.07) is 7.31. The smallest absolute Gasteiger partial charge is 0.126 e. The van der Waals surface area contributed by atoms with E-state index in [9.17, 15) is 4.39 Å². The Bertz CT molecular complexity index is 479. The summed E-state index contributed by atoms with van der Waals surface area (Å²) in [6.45, 7) is 2.33. The van der Waals surface area contributed by atoms with Crippen LogP contribution in [0.2, 0.25) is 0 Å². The number of hydrogen-bond donors (Lipinski definition) is 0. The van der Waals surface area contributed by atoms with Gasteiger partial charge >= 0.3 is 0 Å². The minimum absolute atomic E-state index is 0.0185. The number of rotatable bonds is 6. The summed E-state index contributed by atoms with van der Waals surface area (Å²) in [5, 5.41) is 0. The second-order valence-electron chi connectivity index (χ2n) is 8.48. The highest BCUT2D eigenvalue weighted by Crippen LogP contribution is 2.42. The summed E-state index contributed by atoms with van der Waals surface area (Å²) >= 11 is 0. The van der Waals surface area contributed by atoms with Gasteiger partial charge in [0, 0.05) is 0 Å². The molecule has 2 saturated carbocycles. The highest BCUT2D eigenvalue weighted by atomic mass is 19.1. The van der Waals surface area contributed by atoms with Gasteiger partial charge in [0.05, 0.1) is 0 Å². The van der Waals surface area contributed by atoms with Crippen LogP contribution in [-0.4, -0.2) is 0 Å². The van der Waals surface area contributed by atoms with E-state index in [0.29, 0.717) is 0 Å². The summed E-state index contributed by atoms with van der Waals surface area (Å²) in [5.41, 5.74) is 0.911. The molecule has 2 fully saturated rings. The Labute approximate surface area is 148 Å². The van der Waals surface area contributed by atoms with E-state index in [4.69, 9.17) is 0 Å². The predicted octanol–water partition coefficient (Wildman–Crippen LogP) is 7.17. The zero-order valence-corrected chi connectivity index (χ0v) is 15.5. The molecule has 0 spiro atoms. The van der Waals surface area contributed by atoms with Crippen molar-refractivity contribution < 1.29 is 4.39 Å². The SMILES string of the molecule is CCC[C@H]1CC[C@H]([C@H]2CC[C@H](CCc3ccccc3F)CC2)CC1. The Kier molecular flexibility index (Phi) is 6.75. The van der Waals surface area contributed by atoms with Crippen LogP contribution in [0.3, 0.4) is 0 Å². The fraction of sp³-hybridized carbons (Fsp3) is 0.739. The fourth-order valence-corrected chi connectivity index (χ4v) is 5.37. The number of benzene rings is 1. The maximum atomic E-state index is 13.7. The van der Waals surface area contributed by atoms with Gasteiger partial charge in [0.25, 0.3) is 0 Å². The summed E-state index contributed by atoms with van der Waals surface area (Å²) in [7, 11) is 0. The van der Waals surface area contributed by atoms with E-state index in [2.05, 4.69) is 6.92 Å². The monoisotopic (exact) mass is 330 g/mol. The van der Waals surface area contributed by atoms with Crippen LogP contribution in [0.5, 0.6) is 0 Å². The van der Waals surface area contributed by atoms with Crippen molar-refractivity contribution in [3.05, 3.63) is 35.6 Å². The first-order valence-electron chi connectivity index (χ1n) is 10.5. The Morgan fingerprint density at radius 1 is 0.792 bits per heavy atom. The van der Waals surface area contributed by atoms with Crippen LogP contribution >= 0.6 is 0 Å². The second kappa shape index (κ2) is 9.02. The van der Waals surface area contributed by atoms with Crippen LogP contribution in [0.15, 0.2) is 24.3 Å². The molecule has 3 rings (SSSR count). The van der Waals surface area contributed by atoms with Gasteiger partial charge in [0.15, 0.2) is 0 Å². The van der Waals surface area contributed by atoms with Crippen molar-refractivity contribution >= 4 is 0 Å². The molecule has 0 N–H and O–H groups in total. The predicted molar refractivity (Wildman–Crippen MR) is 101 cm³/mol. The third-order valence-electron chi connectivity index (χ3n) is 6.93. The molecule has 0 aromatic heterocycles. The van der Waals surface area contributed by atoms with E-state index in [1.54, 1.807) is 12.1 Å². The molecule has 0 heterocycles. The molecule has 1 aromatic carbocycles. The van der Waals surface area contributed by atoms with E-state index in [0.717, 1.165) is 35.7 Å². The van der Waals surface area contributed by atoms with Gasteiger partial charge in [-0.15, -0.1) is 0 Å². The Morgan fingerprint density at radius 2 is 1.33 bits per heavy atom. The standard InChI is InChI=1S/C23H35F/c1-2-5-18-8-13-20(14-9-18)21-15-10-19(11-16-21)12-17-22-6-3-4-7-23(22)24/h3-4,6-7,18-21H,2,5,8-17H2,1H3/t18-,19-,20-,21-. The van der Waals surface area contributed by atoms with Crippen LogP contribution in [0.4, 0.5) is 4.39 Å². The van der Waals surface area contributed by atoms with Crippen LogP contribution in [-0.2, 0) is 6.42 Å². The van der Waals surface area contributed by atoms with Crippen molar-refractivity contribution in [2.75, 3.05) is 0 Å². The molecule has 0 atom stereocenters. The van der Waals surface area contributed by atoms with E-state index < -0.39 is 0 Å². The average Bonchev–Trinajstić information content (AvgIpc) is 2.63. The zero-order chi connectivity index (χ0) is 16.8. The normalized spacial score (nSPS) is 31.1. The molecule has 1 heteroatoms. The maximum Gasteiger partial charge on any atom is 0.126 e. The first kappa shape index (κ1) is 18.0. The molecule has 134 valence electrons. The number of halogens is 1. The van der Waals surface area contributed by atoms with Crippen molar-refractivity contribution in [2.24, 2.45) is 23.7 Å². The molecule has 1 aromatic rings. The molecule has 2 aliphatic rings. The lowest BCUT2D eigenvalue weighted by molar-refractivity contribution is 0.141. The van der Waals surface area contributed by atoms with E-state index in [1.807, 2.05) is 12.1 Å². The molecule has 0 bridgehead atoms. The van der Waals surface area contributed by atoms with Gasteiger partial charge in [-0.05, 0) is 73.8 Å². The largest absolute Gasteiger partial charge is 0.207 e. The van der Waals surface area contributed by atoms with Gasteiger partial charge in [-0.1, -0.05) is 63.6 Å². The van der Waals surface area contributed by atoms with Gasteiger partial charge in [0.1, 0.15) is 5.82 Å². The van der Waals surface area contributed by atoms with Gasteiger partial charge in [0.2, 0.25) is 0 Å². The summed E-state index contributed by atoms with van der Waals surface area (Å²) < 4.78 is 13.7. The van der Waals surface area contributed by atoms with Crippen LogP contribution in [0.25, 0.3) is 0 Å². The molecule has 24 heavy (non-hydrogen) atoms. The quantitative estimate of drug-likeness (QED) is 0.518. The lowest BCUT2D eigenvalue weighted by Gasteiger charge is -2.38. The molecular weight excluding hydrogens is 295 g/mol. The third-order valence-corrected chi connectivity index (χ3v) is 6.93. The molecule has 0 radical (unpaired) electrons. The first-order valence-corrected chi connectivity index (χ1v) is 10.5. The molecular formula is C23H35F. The molecule has 0 saturated heterocycles. The lowest BCUT2D eigenvalue weighted by Crippen LogP contribution is -2.26. The van der Waals surface area contributed by atoms with Gasteiger partial charge < -0.3 is 0 Å². The molecule has 0 aliphatic heterocycles. The first-order chi connectivity index (χ1) is 11.8. The molecule has 0 unspecified atom stereocenters. The third kappa shape index (κ3) is 4.83. The summed E-state index contributed by atoms with van der Waals surface area (Å²) in [4.78, 5) is 0. The average molecular weight is 331 g/mol. The van der Waals surface area contributed by atoms with Crippen molar-refractivity contribution in [1.29, 1.82) is 0 Å². The fourth-order valence-electron chi connectivity index (χ4n) is 5.37. The van der Waals surface area contributed by atoms with E-state index in [-0.39, 0.29) is 5.82 Å². The molecule has 2 aliphatic carbocycles. The Balaban J connectivity index is 1.38. The number of hydrogen-bond acceptors (Lipinski definition) is 0. The Morgan fingerprint density at radius 3 is 1.88 bits per heavy atom. The summed E-state index contributed by atoms with van der Waals surface area (Å²) in [5.74, 6) is 3.86. The maximum absolute atomic E-state index is 13.7. The summed E-state index contributed by atoms with van der Waals surface area (Å²) in [6.07, 6.45) is 16.5. The van der Waals surface area contributed by atoms with Gasteiger partial charge in [-0.2, -0.15) is 0 Å². The minimum atomic E-state index is -0.0185. The number of aryl methyl sites for hydroxylation is 1. The van der Waals surface area contributed by atoms with Crippen molar-refractivity contribution in [2.45, 2.75) is 84.0 Å². The zero-order valence-electron chi connectivity index (χ0n) is 15.5. The molecule has 0 amide bonds. The Hall–Kier alpha value is -0.850. The van der Waals surface area contributed by atoms with Crippen molar-refractivity contribution in [3.63, 3.8) is 0 Å². The minimum Gasteiger partial charge on any atom is -0.207 e. The topological polar surface area (TPSA) is 0 Å². The van der Waals surface area contributed by atoms with E-state index in [1.165, 1.54) is 70.6 Å². The van der Waals surface area contributed by atoms with Crippen LogP contribution < -0.4 is 0 Å². The lowest BCUT2D eigenvalue weighted by atomic mass is 9.68. The van der Waals surface area contributed by atoms with Crippen LogP contribution in [0.1, 0.15) is 83.1 Å². The van der Waals surface area contributed by atoms with Gasteiger partial charge in [-0.3, -0.25) is 0 Å². The van der Waals surface area contributed by atoms with Crippen LogP contribution in [0, 0.1) is 29.5 Å². The highest BCUT2D eigenvalue weighted by molar-refractivity contribution is 5.17.